The summed E-state index contributed by atoms with van der Waals surface area (Å²) in [4.78, 5) is 0. The molecule has 0 bridgehead atoms. The normalized spacial score (nSPS) is 13.5. The molecule has 0 aliphatic rings. The summed E-state index contributed by atoms with van der Waals surface area (Å²) in [5, 5.41) is 0. The Kier molecular flexibility index (Phi) is 5.51. The number of rotatable bonds is 5. The first-order valence-electron chi connectivity index (χ1n) is 4.88. The molecule has 0 aliphatic heterocycles. The first kappa shape index (κ1) is 14.6. The number of ether oxygens (including phenoxy) is 2. The van der Waals surface area contributed by atoms with Gasteiger partial charge in [-0.05, 0) is 24.1 Å². The van der Waals surface area contributed by atoms with Crippen molar-refractivity contribution < 1.29 is 22.6 Å². The molecule has 1 aromatic rings. The van der Waals surface area contributed by atoms with Crippen molar-refractivity contribution in [1.29, 1.82) is 0 Å². The van der Waals surface area contributed by atoms with Crippen molar-refractivity contribution in [3.63, 3.8) is 0 Å². The lowest BCUT2D eigenvalue weighted by Gasteiger charge is -2.13. The van der Waals surface area contributed by atoms with Gasteiger partial charge >= 0.3 is 6.36 Å². The van der Waals surface area contributed by atoms with Crippen LogP contribution in [0.15, 0.2) is 24.3 Å². The Labute approximate surface area is 111 Å². The zero-order chi connectivity index (χ0) is 12.9. The molecule has 0 fully saturated rings. The fourth-order valence-electron chi connectivity index (χ4n) is 1.33. The highest BCUT2D eigenvalue weighted by Gasteiger charge is 2.31. The van der Waals surface area contributed by atoms with E-state index in [0.717, 1.165) is 9.99 Å². The van der Waals surface area contributed by atoms with Crippen molar-refractivity contribution in [2.75, 3.05) is 11.5 Å². The van der Waals surface area contributed by atoms with E-state index < -0.39 is 6.36 Å². The van der Waals surface area contributed by atoms with Crippen LogP contribution in [0, 0.1) is 0 Å². The zero-order valence-corrected chi connectivity index (χ0v) is 11.3. The largest absolute Gasteiger partial charge is 0.573 e. The Morgan fingerprint density at radius 2 is 2.06 bits per heavy atom. The van der Waals surface area contributed by atoms with Crippen LogP contribution < -0.4 is 4.74 Å². The Bertz CT molecular complexity index is 351. The van der Waals surface area contributed by atoms with E-state index in [9.17, 15) is 13.2 Å². The minimum absolute atomic E-state index is 0.00302. The van der Waals surface area contributed by atoms with Crippen molar-refractivity contribution in [3.05, 3.63) is 29.8 Å². The molecule has 0 heterocycles. The molecule has 0 amide bonds. The van der Waals surface area contributed by atoms with Crippen LogP contribution in [0.5, 0.6) is 5.75 Å². The first-order chi connectivity index (χ1) is 7.94. The van der Waals surface area contributed by atoms with Gasteiger partial charge in [-0.3, -0.25) is 0 Å². The van der Waals surface area contributed by atoms with Crippen LogP contribution in [0.3, 0.4) is 0 Å². The Hall–Kier alpha value is -0.500. The maximum absolute atomic E-state index is 12.0. The number of halogens is 4. The Morgan fingerprint density at radius 3 is 2.59 bits per heavy atom. The molecular weight excluding hydrogens is 348 g/mol. The lowest BCUT2D eigenvalue weighted by atomic mass is 10.1. The third-order valence-corrected chi connectivity index (χ3v) is 3.08. The van der Waals surface area contributed by atoms with Crippen LogP contribution in [0.2, 0.25) is 0 Å². The molecule has 0 aromatic heterocycles. The number of alkyl halides is 4. The van der Waals surface area contributed by atoms with Crippen molar-refractivity contribution in [1.82, 2.24) is 0 Å². The van der Waals surface area contributed by atoms with Gasteiger partial charge in [0.1, 0.15) is 5.75 Å². The van der Waals surface area contributed by atoms with Crippen LogP contribution in [0.25, 0.3) is 0 Å². The van der Waals surface area contributed by atoms with Gasteiger partial charge in [-0.2, -0.15) is 0 Å². The topological polar surface area (TPSA) is 18.5 Å². The van der Waals surface area contributed by atoms with Gasteiger partial charge < -0.3 is 9.47 Å². The van der Waals surface area contributed by atoms with E-state index in [2.05, 4.69) is 27.3 Å². The van der Waals surface area contributed by atoms with Gasteiger partial charge in [0.15, 0.2) is 0 Å². The second-order valence-corrected chi connectivity index (χ2v) is 4.29. The maximum Gasteiger partial charge on any atom is 0.573 e. The van der Waals surface area contributed by atoms with E-state index in [1.54, 1.807) is 13.2 Å². The summed E-state index contributed by atoms with van der Waals surface area (Å²) in [5.74, 6) is -0.196. The van der Waals surface area contributed by atoms with Crippen LogP contribution in [0.4, 0.5) is 13.2 Å². The highest BCUT2D eigenvalue weighted by molar-refractivity contribution is 14.1. The molecule has 0 N–H and O–H groups in total. The summed E-state index contributed by atoms with van der Waals surface area (Å²) >= 11 is 2.17. The van der Waals surface area contributed by atoms with Crippen molar-refractivity contribution in [3.8, 4) is 5.75 Å². The highest BCUT2D eigenvalue weighted by atomic mass is 127. The molecule has 1 unspecified atom stereocenters. The Morgan fingerprint density at radius 1 is 1.35 bits per heavy atom. The predicted molar refractivity (Wildman–Crippen MR) is 66.5 cm³/mol. The molecule has 0 radical (unpaired) electrons. The van der Waals surface area contributed by atoms with E-state index >= 15 is 0 Å². The third kappa shape index (κ3) is 5.58. The average Bonchev–Trinajstić information content (AvgIpc) is 2.24. The van der Waals surface area contributed by atoms with Gasteiger partial charge in [-0.15, -0.1) is 13.2 Å². The minimum Gasteiger partial charge on any atom is -0.406 e. The fourth-order valence-corrected chi connectivity index (χ4v) is 2.00. The number of methoxy groups -OCH3 is 1. The predicted octanol–water partition coefficient (Wildman–Crippen LogP) is 3.58. The smallest absolute Gasteiger partial charge is 0.406 e. The molecule has 96 valence electrons. The molecule has 1 aromatic carbocycles. The lowest BCUT2D eigenvalue weighted by Crippen LogP contribution is -2.18. The summed E-state index contributed by atoms with van der Waals surface area (Å²) < 4.78 is 45.9. The van der Waals surface area contributed by atoms with Gasteiger partial charge in [-0.25, -0.2) is 0 Å². The van der Waals surface area contributed by atoms with Gasteiger partial charge in [-0.1, -0.05) is 34.7 Å². The van der Waals surface area contributed by atoms with Gasteiger partial charge in [0.2, 0.25) is 0 Å². The van der Waals surface area contributed by atoms with E-state index in [1.165, 1.54) is 18.2 Å². The van der Waals surface area contributed by atoms with E-state index in [1.807, 2.05) is 0 Å². The molecular formula is C11H12F3IO2. The molecule has 0 saturated carbocycles. The number of benzene rings is 1. The Balaban J connectivity index is 2.72. The van der Waals surface area contributed by atoms with Crippen LogP contribution in [-0.2, 0) is 11.2 Å². The highest BCUT2D eigenvalue weighted by Crippen LogP contribution is 2.24. The standard InChI is InChI=1S/C11H12F3IO2/c1-16-10(7-15)6-8-3-2-4-9(5-8)17-11(12,13)14/h2-5,10H,6-7H2,1H3. The average molecular weight is 360 g/mol. The maximum atomic E-state index is 12.0. The first-order valence-corrected chi connectivity index (χ1v) is 6.40. The molecule has 17 heavy (non-hydrogen) atoms. The molecule has 0 aliphatic carbocycles. The van der Waals surface area contributed by atoms with Crippen LogP contribution in [-0.4, -0.2) is 24.0 Å². The van der Waals surface area contributed by atoms with E-state index in [-0.39, 0.29) is 11.9 Å². The molecule has 1 atom stereocenters. The second-order valence-electron chi connectivity index (χ2n) is 3.41. The summed E-state index contributed by atoms with van der Waals surface area (Å²) in [6, 6.07) is 5.95. The van der Waals surface area contributed by atoms with Crippen molar-refractivity contribution in [2.24, 2.45) is 0 Å². The SMILES string of the molecule is COC(CI)Cc1cccc(OC(F)(F)F)c1. The summed E-state index contributed by atoms with van der Waals surface area (Å²) in [7, 11) is 1.58. The van der Waals surface area contributed by atoms with E-state index in [4.69, 9.17) is 4.74 Å². The van der Waals surface area contributed by atoms with Gasteiger partial charge in [0, 0.05) is 11.5 Å². The van der Waals surface area contributed by atoms with Crippen LogP contribution in [0.1, 0.15) is 5.56 Å². The van der Waals surface area contributed by atoms with Gasteiger partial charge in [0.05, 0.1) is 6.10 Å². The van der Waals surface area contributed by atoms with Crippen molar-refractivity contribution >= 4 is 22.6 Å². The number of hydrogen-bond acceptors (Lipinski definition) is 2. The number of hydrogen-bond donors (Lipinski definition) is 0. The quantitative estimate of drug-likeness (QED) is 0.591. The van der Waals surface area contributed by atoms with Gasteiger partial charge in [0.25, 0.3) is 0 Å². The zero-order valence-electron chi connectivity index (χ0n) is 9.13. The monoisotopic (exact) mass is 360 g/mol. The lowest BCUT2D eigenvalue weighted by molar-refractivity contribution is -0.274. The molecule has 1 rings (SSSR count). The van der Waals surface area contributed by atoms with E-state index in [0.29, 0.717) is 6.42 Å². The summed E-state index contributed by atoms with van der Waals surface area (Å²) in [6.45, 7) is 0. The van der Waals surface area contributed by atoms with Crippen molar-refractivity contribution in [2.45, 2.75) is 18.9 Å². The summed E-state index contributed by atoms with van der Waals surface area (Å²) in [5.41, 5.74) is 0.760. The minimum atomic E-state index is -4.65. The summed E-state index contributed by atoms with van der Waals surface area (Å²) in [6.07, 6.45) is -4.09. The molecule has 0 saturated heterocycles. The second kappa shape index (κ2) is 6.44. The third-order valence-electron chi connectivity index (χ3n) is 2.10. The molecule has 6 heteroatoms. The fraction of sp³-hybridized carbons (Fsp3) is 0.455. The molecule has 0 spiro atoms. The van der Waals surface area contributed by atoms with Crippen LogP contribution >= 0.6 is 22.6 Å². The molecule has 2 nitrogen and oxygen atoms in total.